The molecule has 4 heteroatoms. The maximum atomic E-state index is 12.5. The van der Waals surface area contributed by atoms with Crippen molar-refractivity contribution in [3.8, 4) is 6.07 Å². The van der Waals surface area contributed by atoms with Crippen LogP contribution in [0.4, 0.5) is 0 Å². The molecule has 2 fully saturated rings. The fraction of sp³-hybridized carbons (Fsp3) is 0.846. The van der Waals surface area contributed by atoms with Gasteiger partial charge in [0.1, 0.15) is 5.41 Å². The number of carbonyl (C=O) groups excluding carboxylic acids is 1. The van der Waals surface area contributed by atoms with Crippen molar-refractivity contribution in [3.05, 3.63) is 0 Å². The third-order valence-corrected chi connectivity index (χ3v) is 4.16. The van der Waals surface area contributed by atoms with Crippen molar-refractivity contribution < 1.29 is 9.53 Å². The number of ether oxygens (including phenoxy) is 1. The SMILES string of the molecule is CCC(C#N)(CC)C(=O)N1CC2CCC(C1)O2. The summed E-state index contributed by atoms with van der Waals surface area (Å²) in [6.45, 7) is 5.16. The van der Waals surface area contributed by atoms with Crippen LogP contribution in [0.25, 0.3) is 0 Å². The summed E-state index contributed by atoms with van der Waals surface area (Å²) >= 11 is 0. The highest BCUT2D eigenvalue weighted by molar-refractivity contribution is 5.85. The van der Waals surface area contributed by atoms with Gasteiger partial charge in [-0.2, -0.15) is 5.26 Å². The Morgan fingerprint density at radius 2 is 1.88 bits per heavy atom. The van der Waals surface area contributed by atoms with Crippen molar-refractivity contribution in [1.82, 2.24) is 4.90 Å². The first-order valence-electron chi connectivity index (χ1n) is 6.51. The summed E-state index contributed by atoms with van der Waals surface area (Å²) in [4.78, 5) is 14.3. The Balaban J connectivity index is 2.12. The molecule has 2 saturated heterocycles. The lowest BCUT2D eigenvalue weighted by atomic mass is 9.82. The maximum Gasteiger partial charge on any atom is 0.243 e. The molecule has 0 aromatic carbocycles. The van der Waals surface area contributed by atoms with E-state index in [0.29, 0.717) is 25.9 Å². The van der Waals surface area contributed by atoms with E-state index in [1.165, 1.54) is 0 Å². The molecule has 2 aliphatic heterocycles. The number of nitriles is 1. The van der Waals surface area contributed by atoms with E-state index in [2.05, 4.69) is 6.07 Å². The quantitative estimate of drug-likeness (QED) is 0.749. The van der Waals surface area contributed by atoms with Crippen LogP contribution < -0.4 is 0 Å². The molecule has 2 bridgehead atoms. The van der Waals surface area contributed by atoms with Crippen LogP contribution in [-0.2, 0) is 9.53 Å². The summed E-state index contributed by atoms with van der Waals surface area (Å²) in [5.41, 5.74) is -0.823. The van der Waals surface area contributed by atoms with Crippen LogP contribution in [0.15, 0.2) is 0 Å². The van der Waals surface area contributed by atoms with Gasteiger partial charge in [-0.3, -0.25) is 4.79 Å². The van der Waals surface area contributed by atoms with Gasteiger partial charge in [-0.25, -0.2) is 0 Å². The molecule has 1 amide bonds. The minimum atomic E-state index is -0.823. The maximum absolute atomic E-state index is 12.5. The van der Waals surface area contributed by atoms with Crippen LogP contribution in [0.2, 0.25) is 0 Å². The smallest absolute Gasteiger partial charge is 0.243 e. The highest BCUT2D eigenvalue weighted by Gasteiger charge is 2.43. The van der Waals surface area contributed by atoms with Crippen molar-refractivity contribution in [3.63, 3.8) is 0 Å². The lowest BCUT2D eigenvalue weighted by molar-refractivity contribution is -0.148. The van der Waals surface area contributed by atoms with E-state index in [1.54, 1.807) is 0 Å². The van der Waals surface area contributed by atoms with E-state index >= 15 is 0 Å². The van der Waals surface area contributed by atoms with Gasteiger partial charge in [0.15, 0.2) is 0 Å². The molecule has 0 saturated carbocycles. The zero-order valence-corrected chi connectivity index (χ0v) is 10.6. The van der Waals surface area contributed by atoms with E-state index in [1.807, 2.05) is 18.7 Å². The molecule has 2 unspecified atom stereocenters. The first-order valence-corrected chi connectivity index (χ1v) is 6.51. The summed E-state index contributed by atoms with van der Waals surface area (Å²) in [5, 5.41) is 9.30. The number of nitrogens with zero attached hydrogens (tertiary/aromatic N) is 2. The highest BCUT2D eigenvalue weighted by Crippen LogP contribution is 2.32. The van der Waals surface area contributed by atoms with Gasteiger partial charge in [0, 0.05) is 13.1 Å². The van der Waals surface area contributed by atoms with Crippen molar-refractivity contribution in [1.29, 1.82) is 5.26 Å². The predicted molar refractivity (Wildman–Crippen MR) is 63.1 cm³/mol. The molecule has 0 aromatic rings. The summed E-state index contributed by atoms with van der Waals surface area (Å²) in [6, 6.07) is 2.23. The zero-order chi connectivity index (χ0) is 12.5. The molecular formula is C13H20N2O2. The summed E-state index contributed by atoms with van der Waals surface area (Å²) in [5.74, 6) is 0.00481. The van der Waals surface area contributed by atoms with Crippen molar-refractivity contribution in [2.45, 2.75) is 51.7 Å². The van der Waals surface area contributed by atoms with Gasteiger partial charge in [0.25, 0.3) is 0 Å². The fourth-order valence-corrected chi connectivity index (χ4v) is 2.84. The normalized spacial score (nSPS) is 27.9. The molecule has 94 valence electrons. The number of likely N-dealkylation sites (tertiary alicyclic amines) is 1. The van der Waals surface area contributed by atoms with Crippen LogP contribution in [0, 0.1) is 16.7 Å². The van der Waals surface area contributed by atoms with E-state index in [0.717, 1.165) is 12.8 Å². The van der Waals surface area contributed by atoms with Gasteiger partial charge in [0.05, 0.1) is 18.3 Å². The van der Waals surface area contributed by atoms with Gasteiger partial charge in [-0.05, 0) is 25.7 Å². The third kappa shape index (κ3) is 2.04. The van der Waals surface area contributed by atoms with E-state index in [9.17, 15) is 10.1 Å². The summed E-state index contributed by atoms with van der Waals surface area (Å²) < 4.78 is 5.71. The molecule has 2 rings (SSSR count). The zero-order valence-electron chi connectivity index (χ0n) is 10.6. The van der Waals surface area contributed by atoms with E-state index in [-0.39, 0.29) is 18.1 Å². The van der Waals surface area contributed by atoms with Crippen molar-refractivity contribution in [2.75, 3.05) is 13.1 Å². The minimum absolute atomic E-state index is 0.00481. The number of carbonyl (C=O) groups is 1. The molecule has 2 aliphatic rings. The molecule has 0 aromatic heterocycles. The first-order chi connectivity index (χ1) is 8.15. The minimum Gasteiger partial charge on any atom is -0.371 e. The number of rotatable bonds is 3. The summed E-state index contributed by atoms with van der Waals surface area (Å²) in [6.07, 6.45) is 3.67. The predicted octanol–water partition coefficient (Wildman–Crippen LogP) is 1.71. The van der Waals surface area contributed by atoms with E-state index < -0.39 is 5.41 Å². The number of amides is 1. The average molecular weight is 236 g/mol. The lowest BCUT2D eigenvalue weighted by Gasteiger charge is -2.36. The number of hydrogen-bond acceptors (Lipinski definition) is 3. The Morgan fingerprint density at radius 3 is 2.29 bits per heavy atom. The van der Waals surface area contributed by atoms with Gasteiger partial charge in [0.2, 0.25) is 5.91 Å². The fourth-order valence-electron chi connectivity index (χ4n) is 2.84. The van der Waals surface area contributed by atoms with Crippen molar-refractivity contribution in [2.24, 2.45) is 5.41 Å². The second-order valence-electron chi connectivity index (χ2n) is 5.07. The summed E-state index contributed by atoms with van der Waals surface area (Å²) in [7, 11) is 0. The molecule has 2 heterocycles. The number of fused-ring (bicyclic) bond motifs is 2. The Hall–Kier alpha value is -1.08. The van der Waals surface area contributed by atoms with Gasteiger partial charge in [-0.15, -0.1) is 0 Å². The number of morpholine rings is 1. The topological polar surface area (TPSA) is 53.3 Å². The third-order valence-electron chi connectivity index (χ3n) is 4.16. The Kier molecular flexibility index (Phi) is 3.39. The van der Waals surface area contributed by atoms with Crippen LogP contribution >= 0.6 is 0 Å². The lowest BCUT2D eigenvalue weighted by Crippen LogP contribution is -2.51. The number of hydrogen-bond donors (Lipinski definition) is 0. The molecule has 0 radical (unpaired) electrons. The molecule has 17 heavy (non-hydrogen) atoms. The molecule has 0 N–H and O–H groups in total. The van der Waals surface area contributed by atoms with Gasteiger partial charge < -0.3 is 9.64 Å². The second kappa shape index (κ2) is 4.66. The largest absolute Gasteiger partial charge is 0.371 e. The van der Waals surface area contributed by atoms with Crippen LogP contribution in [-0.4, -0.2) is 36.1 Å². The van der Waals surface area contributed by atoms with Crippen molar-refractivity contribution >= 4 is 5.91 Å². The Labute approximate surface area is 103 Å². The van der Waals surface area contributed by atoms with Crippen LogP contribution in [0.1, 0.15) is 39.5 Å². The van der Waals surface area contributed by atoms with Crippen LogP contribution in [0.5, 0.6) is 0 Å². The molecule has 4 nitrogen and oxygen atoms in total. The Bertz CT molecular complexity index is 332. The average Bonchev–Trinajstić information content (AvgIpc) is 2.71. The molecule has 2 atom stereocenters. The Morgan fingerprint density at radius 1 is 1.35 bits per heavy atom. The molecule has 0 aliphatic carbocycles. The second-order valence-corrected chi connectivity index (χ2v) is 5.07. The van der Waals surface area contributed by atoms with Crippen LogP contribution in [0.3, 0.4) is 0 Å². The first kappa shape index (κ1) is 12.4. The van der Waals surface area contributed by atoms with E-state index in [4.69, 9.17) is 4.74 Å². The highest BCUT2D eigenvalue weighted by atomic mass is 16.5. The monoisotopic (exact) mass is 236 g/mol. The molecule has 0 spiro atoms. The molecular weight excluding hydrogens is 216 g/mol. The van der Waals surface area contributed by atoms with Gasteiger partial charge in [-0.1, -0.05) is 13.8 Å². The van der Waals surface area contributed by atoms with Gasteiger partial charge >= 0.3 is 0 Å². The standard InChI is InChI=1S/C13H20N2O2/c1-3-13(4-2,9-14)12(16)15-7-10-5-6-11(8-15)17-10/h10-11H,3-8H2,1-2H3.